The summed E-state index contributed by atoms with van der Waals surface area (Å²) in [7, 11) is 0. The van der Waals surface area contributed by atoms with Crippen LogP contribution in [-0.4, -0.2) is 105 Å². The summed E-state index contributed by atoms with van der Waals surface area (Å²) < 4.78 is 76.5. The number of aromatic amines is 1. The number of fused-ring (bicyclic) bond motifs is 2. The van der Waals surface area contributed by atoms with Gasteiger partial charge in [0, 0.05) is 79.8 Å². The Labute approximate surface area is 385 Å². The van der Waals surface area contributed by atoms with Crippen molar-refractivity contribution in [2.24, 2.45) is 0 Å². The molecule has 68 heavy (non-hydrogen) atoms. The summed E-state index contributed by atoms with van der Waals surface area (Å²) in [6, 6.07) is 24.1. The molecule has 0 atom stereocenters. The van der Waals surface area contributed by atoms with E-state index in [0.717, 1.165) is 48.4 Å². The summed E-state index contributed by atoms with van der Waals surface area (Å²) in [5.41, 5.74) is 5.31. The van der Waals surface area contributed by atoms with Crippen LogP contribution in [0.5, 0.6) is 11.5 Å². The second-order valence-corrected chi connectivity index (χ2v) is 15.8. The van der Waals surface area contributed by atoms with Crippen LogP contribution in [0.3, 0.4) is 0 Å². The van der Waals surface area contributed by atoms with E-state index in [0.29, 0.717) is 77.8 Å². The highest BCUT2D eigenvalue weighted by Crippen LogP contribution is 2.29. The van der Waals surface area contributed by atoms with Crippen molar-refractivity contribution < 1.29 is 36.5 Å². The smallest absolute Gasteiger partial charge is 0.387 e. The molecule has 2 aliphatic rings. The number of anilines is 2. The van der Waals surface area contributed by atoms with Crippen molar-refractivity contribution in [1.82, 2.24) is 39.1 Å². The van der Waals surface area contributed by atoms with Gasteiger partial charge in [0.15, 0.2) is 0 Å². The lowest BCUT2D eigenvalue weighted by molar-refractivity contribution is -0.0511. The van der Waals surface area contributed by atoms with Crippen LogP contribution >= 0.6 is 0 Å². The van der Waals surface area contributed by atoms with Crippen LogP contribution in [0.15, 0.2) is 119 Å². The van der Waals surface area contributed by atoms with Crippen molar-refractivity contribution in [3.05, 3.63) is 142 Å². The Hall–Kier alpha value is -7.58. The summed E-state index contributed by atoms with van der Waals surface area (Å²) >= 11 is 0. The van der Waals surface area contributed by atoms with Crippen molar-refractivity contribution in [2.45, 2.75) is 39.8 Å². The number of rotatable bonds is 13. The largest absolute Gasteiger partial charge is 0.434 e. The first-order valence-electron chi connectivity index (χ1n) is 21.9. The summed E-state index contributed by atoms with van der Waals surface area (Å²) in [6.07, 6.45) is 7.04. The van der Waals surface area contributed by atoms with Crippen LogP contribution in [0.4, 0.5) is 29.5 Å². The van der Waals surface area contributed by atoms with Crippen LogP contribution in [0.25, 0.3) is 44.1 Å². The second kappa shape index (κ2) is 20.5. The molecule has 4 aromatic carbocycles. The molecule has 0 spiro atoms. The van der Waals surface area contributed by atoms with Crippen LogP contribution in [0.2, 0.25) is 0 Å². The Morgan fingerprint density at radius 3 is 1.56 bits per heavy atom. The van der Waals surface area contributed by atoms with Crippen molar-refractivity contribution >= 4 is 33.7 Å². The van der Waals surface area contributed by atoms with Crippen LogP contribution in [0.1, 0.15) is 18.1 Å². The minimum atomic E-state index is -2.93. The van der Waals surface area contributed by atoms with E-state index in [9.17, 15) is 27.2 Å². The number of halogens is 4. The minimum Gasteiger partial charge on any atom is -0.434 e. The number of benzene rings is 4. The number of nitrogens with zero attached hydrogens (tertiary/aromatic N) is 9. The third kappa shape index (κ3) is 10.1. The van der Waals surface area contributed by atoms with Crippen LogP contribution < -0.4 is 30.4 Å². The van der Waals surface area contributed by atoms with Gasteiger partial charge in [0.05, 0.1) is 61.3 Å². The monoisotopic (exact) mass is 934 g/mol. The normalized spacial score (nSPS) is 14.2. The van der Waals surface area contributed by atoms with Gasteiger partial charge in [-0.3, -0.25) is 24.1 Å². The maximum atomic E-state index is 13.1. The van der Waals surface area contributed by atoms with Gasteiger partial charge >= 0.3 is 13.2 Å². The van der Waals surface area contributed by atoms with E-state index in [1.165, 1.54) is 12.1 Å². The predicted octanol–water partition coefficient (Wildman–Crippen LogP) is 7.04. The minimum absolute atomic E-state index is 0.0680. The lowest BCUT2D eigenvalue weighted by atomic mass is 10.1. The SMILES string of the molecule is CCn1c(=O)c2ccc(-c3cnc(N4CCOCC4)nc3)cc2n1Cc1ccccc1OC(F)F.O=c1[nH]n(Cc2ccccc2OC(F)F)c2cc(-c3cnc(N4CCOCC4)nc3)ccc12. The molecular weight excluding hydrogens is 889 g/mol. The third-order valence-electron chi connectivity index (χ3n) is 11.7. The summed E-state index contributed by atoms with van der Waals surface area (Å²) in [5, 5.41) is 3.83. The molecule has 0 bridgehead atoms. The average molecular weight is 935 g/mol. The highest BCUT2D eigenvalue weighted by Gasteiger charge is 2.20. The quantitative estimate of drug-likeness (QED) is 0.118. The highest BCUT2D eigenvalue weighted by atomic mass is 19.3. The second-order valence-electron chi connectivity index (χ2n) is 15.8. The number of hydrogen-bond acceptors (Lipinski definition) is 12. The van der Waals surface area contributed by atoms with Gasteiger partial charge in [-0.1, -0.05) is 48.5 Å². The fourth-order valence-corrected chi connectivity index (χ4v) is 8.28. The number of para-hydroxylation sites is 2. The fraction of sp³-hybridized carbons (Fsp3) is 0.292. The van der Waals surface area contributed by atoms with E-state index >= 15 is 0 Å². The first kappa shape index (κ1) is 45.6. The Balaban J connectivity index is 0.000000170. The van der Waals surface area contributed by atoms with E-state index in [-0.39, 0.29) is 35.7 Å². The number of morpholine rings is 2. The molecule has 20 heteroatoms. The molecule has 1 N–H and O–H groups in total. The Morgan fingerprint density at radius 1 is 0.588 bits per heavy atom. The zero-order valence-corrected chi connectivity index (χ0v) is 36.8. The van der Waals surface area contributed by atoms with E-state index in [1.54, 1.807) is 87.4 Å². The standard InChI is InChI=1S/C25H25F2N5O3.C23H21F2N5O3/c1-2-31-23(33)20-8-7-17(19-14-28-25(29-15-19)30-9-11-34-12-10-30)13-21(20)32(31)16-18-5-3-4-6-22(18)35-24(26)27;24-22(25)33-20-4-2-1-3-16(20)14-30-19-11-15(5-6-18(19)21(31)28-30)17-12-26-23(27-13-17)29-7-9-32-10-8-29/h3-8,13-15,24H,2,9-12,16H2,1H3;1-6,11-13,22H,7-10,14H2,(H,28,31). The van der Waals surface area contributed by atoms with E-state index in [4.69, 9.17) is 14.2 Å². The number of aromatic nitrogens is 8. The van der Waals surface area contributed by atoms with E-state index in [1.807, 2.05) is 31.2 Å². The summed E-state index contributed by atoms with van der Waals surface area (Å²) in [6.45, 7) is 2.40. The maximum absolute atomic E-state index is 13.1. The average Bonchev–Trinajstić information content (AvgIpc) is 3.82. The van der Waals surface area contributed by atoms with Crippen molar-refractivity contribution in [3.63, 3.8) is 0 Å². The lowest BCUT2D eigenvalue weighted by Crippen LogP contribution is -2.37. The number of ether oxygens (including phenoxy) is 4. The maximum Gasteiger partial charge on any atom is 0.387 e. The van der Waals surface area contributed by atoms with Gasteiger partial charge in [-0.25, -0.2) is 24.6 Å². The Bertz CT molecular complexity index is 3110. The van der Waals surface area contributed by atoms with Crippen molar-refractivity contribution in [2.75, 3.05) is 62.4 Å². The number of nitrogens with one attached hydrogen (secondary N) is 1. The van der Waals surface area contributed by atoms with Crippen LogP contribution in [-0.2, 0) is 29.1 Å². The van der Waals surface area contributed by atoms with Gasteiger partial charge < -0.3 is 28.7 Å². The summed E-state index contributed by atoms with van der Waals surface area (Å²) in [5.74, 6) is 1.46. The molecule has 6 heterocycles. The van der Waals surface area contributed by atoms with E-state index in [2.05, 4.69) is 39.6 Å². The molecule has 10 rings (SSSR count). The predicted molar refractivity (Wildman–Crippen MR) is 247 cm³/mol. The molecule has 352 valence electrons. The molecule has 16 nitrogen and oxygen atoms in total. The van der Waals surface area contributed by atoms with Gasteiger partial charge in [-0.05, 0) is 54.4 Å². The van der Waals surface area contributed by atoms with Gasteiger partial charge in [0.2, 0.25) is 11.9 Å². The molecule has 0 amide bonds. The molecule has 2 fully saturated rings. The lowest BCUT2D eigenvalue weighted by Gasteiger charge is -2.26. The topological polar surface area (TPSA) is 160 Å². The van der Waals surface area contributed by atoms with Gasteiger partial charge in [-0.2, -0.15) is 17.6 Å². The molecular formula is C48H46F4N10O6. The zero-order valence-electron chi connectivity index (χ0n) is 36.8. The molecule has 2 saturated heterocycles. The molecule has 8 aromatic rings. The molecule has 0 saturated carbocycles. The number of hydrogen-bond donors (Lipinski definition) is 1. The van der Waals surface area contributed by atoms with Crippen molar-refractivity contribution in [1.29, 1.82) is 0 Å². The highest BCUT2D eigenvalue weighted by molar-refractivity contribution is 5.85. The molecule has 2 aliphatic heterocycles. The van der Waals surface area contributed by atoms with Gasteiger partial charge in [0.1, 0.15) is 11.5 Å². The summed E-state index contributed by atoms with van der Waals surface area (Å²) in [4.78, 5) is 47.7. The molecule has 0 radical (unpaired) electrons. The first-order valence-corrected chi connectivity index (χ1v) is 21.9. The molecule has 0 unspecified atom stereocenters. The van der Waals surface area contributed by atoms with Crippen LogP contribution in [0, 0.1) is 0 Å². The number of alkyl halides is 4. The van der Waals surface area contributed by atoms with Gasteiger partial charge in [-0.15, -0.1) is 0 Å². The van der Waals surface area contributed by atoms with Crippen molar-refractivity contribution in [3.8, 4) is 33.8 Å². The third-order valence-corrected chi connectivity index (χ3v) is 11.7. The Morgan fingerprint density at radius 2 is 1.06 bits per heavy atom. The van der Waals surface area contributed by atoms with Gasteiger partial charge in [0.25, 0.3) is 11.1 Å². The van der Waals surface area contributed by atoms with E-state index < -0.39 is 13.2 Å². The zero-order chi connectivity index (χ0) is 47.1. The molecule has 4 aromatic heterocycles. The molecule has 0 aliphatic carbocycles. The fourth-order valence-electron chi connectivity index (χ4n) is 8.28. The Kier molecular flexibility index (Phi) is 13.7. The number of H-pyrrole nitrogens is 1. The first-order chi connectivity index (χ1) is 33.1.